The lowest BCUT2D eigenvalue weighted by Gasteiger charge is -2.17. The number of imidazole rings is 1. The molecule has 0 bridgehead atoms. The van der Waals surface area contributed by atoms with Crippen molar-refractivity contribution >= 4 is 11.2 Å². The van der Waals surface area contributed by atoms with Crippen LogP contribution in [0.2, 0.25) is 0 Å². The van der Waals surface area contributed by atoms with Gasteiger partial charge in [0.1, 0.15) is 5.69 Å². The highest BCUT2D eigenvalue weighted by atomic mass is 16.2. The molecule has 0 aliphatic carbocycles. The van der Waals surface area contributed by atoms with Crippen molar-refractivity contribution in [1.82, 2.24) is 34.1 Å². The van der Waals surface area contributed by atoms with Gasteiger partial charge in [-0.25, -0.2) is 14.5 Å². The molecule has 24 heavy (non-hydrogen) atoms. The summed E-state index contributed by atoms with van der Waals surface area (Å²) in [6, 6.07) is 0. The van der Waals surface area contributed by atoms with Crippen molar-refractivity contribution in [3.05, 3.63) is 27.0 Å². The molecule has 0 unspecified atom stereocenters. The van der Waals surface area contributed by atoms with E-state index in [0.29, 0.717) is 35.8 Å². The molecule has 9 nitrogen and oxygen atoms in total. The Kier molecular flexibility index (Phi) is 3.66. The molecular weight excluding hydrogens is 310 g/mol. The van der Waals surface area contributed by atoms with Crippen LogP contribution >= 0.6 is 0 Å². The van der Waals surface area contributed by atoms with Gasteiger partial charge in [-0.2, -0.15) is 0 Å². The van der Waals surface area contributed by atoms with Crippen LogP contribution < -0.4 is 11.2 Å². The molecule has 0 spiro atoms. The summed E-state index contributed by atoms with van der Waals surface area (Å²) in [5.41, 5.74) is 0.200. The molecule has 1 N–H and O–H groups in total. The maximum atomic E-state index is 12.3. The predicted octanol–water partition coefficient (Wildman–Crippen LogP) is 0.940. The highest BCUT2D eigenvalue weighted by Crippen LogP contribution is 2.22. The van der Waals surface area contributed by atoms with Crippen LogP contribution in [0.3, 0.4) is 0 Å². The Hall–Kier alpha value is -2.71. The highest BCUT2D eigenvalue weighted by Gasteiger charge is 2.22. The minimum Gasteiger partial charge on any atom is -0.317 e. The Balaban J connectivity index is 2.33. The highest BCUT2D eigenvalue weighted by molar-refractivity contribution is 5.75. The number of nitrogens with zero attached hydrogens (tertiary/aromatic N) is 6. The molecule has 0 saturated heterocycles. The van der Waals surface area contributed by atoms with Gasteiger partial charge in [0.2, 0.25) is 0 Å². The molecule has 0 saturated carbocycles. The zero-order valence-electron chi connectivity index (χ0n) is 14.5. The first kappa shape index (κ1) is 16.2. The van der Waals surface area contributed by atoms with E-state index in [0.717, 1.165) is 0 Å². The maximum Gasteiger partial charge on any atom is 0.330 e. The second kappa shape index (κ2) is 5.43. The van der Waals surface area contributed by atoms with E-state index >= 15 is 0 Å². The van der Waals surface area contributed by atoms with Gasteiger partial charge in [-0.05, 0) is 34.6 Å². The number of nitrogens with one attached hydrogen (secondary N) is 1. The first-order valence-corrected chi connectivity index (χ1v) is 7.94. The third-order valence-electron chi connectivity index (χ3n) is 3.93. The van der Waals surface area contributed by atoms with Gasteiger partial charge in [0.25, 0.3) is 5.56 Å². The Bertz CT molecular complexity index is 1010. The number of aromatic nitrogens is 7. The molecule has 0 amide bonds. The van der Waals surface area contributed by atoms with Crippen LogP contribution in [0.5, 0.6) is 0 Å². The molecule has 0 fully saturated rings. The average molecular weight is 331 g/mol. The van der Waals surface area contributed by atoms with E-state index in [1.54, 1.807) is 15.4 Å². The van der Waals surface area contributed by atoms with Gasteiger partial charge in [0, 0.05) is 13.1 Å². The lowest BCUT2D eigenvalue weighted by Crippen LogP contribution is -2.30. The lowest BCUT2D eigenvalue weighted by atomic mass is 10.1. The zero-order chi connectivity index (χ0) is 17.6. The average Bonchev–Trinajstić information content (AvgIpc) is 3.11. The Morgan fingerprint density at radius 1 is 1.12 bits per heavy atom. The van der Waals surface area contributed by atoms with Crippen molar-refractivity contribution in [2.45, 2.75) is 53.2 Å². The van der Waals surface area contributed by atoms with E-state index in [9.17, 15) is 9.59 Å². The Labute approximate surface area is 137 Å². The predicted molar refractivity (Wildman–Crippen MR) is 90.0 cm³/mol. The van der Waals surface area contributed by atoms with E-state index in [4.69, 9.17) is 0 Å². The Morgan fingerprint density at radius 2 is 1.79 bits per heavy atom. The molecule has 0 aliphatic rings. The van der Waals surface area contributed by atoms with Crippen LogP contribution in [0.1, 0.15) is 34.6 Å². The molecule has 128 valence electrons. The summed E-state index contributed by atoms with van der Waals surface area (Å²) in [5.74, 6) is 0.529. The molecule has 3 aromatic heterocycles. The second-order valence-electron chi connectivity index (χ2n) is 6.57. The summed E-state index contributed by atoms with van der Waals surface area (Å²) in [4.78, 5) is 31.2. The number of fused-ring (bicyclic) bond motifs is 1. The normalized spacial score (nSPS) is 12.2. The topological polar surface area (TPSA) is 103 Å². The standard InChI is InChI=1S/C15H21N7O2/c1-6-20-10-12(21(7-2)14(24)17-13(10)23)16-11(20)9-8-22(19-18-9)15(3,4)5/h8H,6-7H2,1-5H3,(H,17,23,24). The molecule has 0 aromatic carbocycles. The number of rotatable bonds is 3. The van der Waals surface area contributed by atoms with Crippen LogP contribution in [0.25, 0.3) is 22.7 Å². The third-order valence-corrected chi connectivity index (χ3v) is 3.93. The van der Waals surface area contributed by atoms with Crippen molar-refractivity contribution in [2.24, 2.45) is 0 Å². The lowest BCUT2D eigenvalue weighted by molar-refractivity contribution is 0.347. The van der Waals surface area contributed by atoms with E-state index in [-0.39, 0.29) is 5.54 Å². The third kappa shape index (κ3) is 2.36. The van der Waals surface area contributed by atoms with Gasteiger partial charge in [-0.3, -0.25) is 14.3 Å². The first-order valence-electron chi connectivity index (χ1n) is 7.94. The summed E-state index contributed by atoms with van der Waals surface area (Å²) in [7, 11) is 0. The second-order valence-corrected chi connectivity index (χ2v) is 6.57. The van der Waals surface area contributed by atoms with E-state index in [1.165, 1.54) is 4.57 Å². The molecule has 9 heteroatoms. The molecule has 3 heterocycles. The summed E-state index contributed by atoms with van der Waals surface area (Å²) in [6.45, 7) is 10.8. The molecule has 3 rings (SSSR count). The molecule has 0 atom stereocenters. The zero-order valence-corrected chi connectivity index (χ0v) is 14.5. The van der Waals surface area contributed by atoms with Crippen LogP contribution in [0, 0.1) is 0 Å². The van der Waals surface area contributed by atoms with Crippen molar-refractivity contribution in [3.8, 4) is 11.5 Å². The van der Waals surface area contributed by atoms with Crippen LogP contribution in [0.15, 0.2) is 15.8 Å². The van der Waals surface area contributed by atoms with Gasteiger partial charge in [-0.15, -0.1) is 5.10 Å². The van der Waals surface area contributed by atoms with Crippen molar-refractivity contribution in [2.75, 3.05) is 0 Å². The number of aromatic amines is 1. The van der Waals surface area contributed by atoms with Gasteiger partial charge in [0.05, 0.1) is 11.7 Å². The summed E-state index contributed by atoms with van der Waals surface area (Å²) < 4.78 is 4.95. The molecular formula is C15H21N7O2. The molecule has 0 radical (unpaired) electrons. The SMILES string of the molecule is CCn1c(-c2cn(C(C)(C)C)nn2)nc2c1c(=O)[nH]c(=O)n2CC. The van der Waals surface area contributed by atoms with Gasteiger partial charge < -0.3 is 4.57 Å². The fraction of sp³-hybridized carbons (Fsp3) is 0.533. The smallest absolute Gasteiger partial charge is 0.317 e. The summed E-state index contributed by atoms with van der Waals surface area (Å²) in [5, 5.41) is 8.35. The first-order chi connectivity index (χ1) is 11.3. The minimum atomic E-state index is -0.458. The van der Waals surface area contributed by atoms with Gasteiger partial charge >= 0.3 is 5.69 Å². The Morgan fingerprint density at radius 3 is 2.33 bits per heavy atom. The van der Waals surface area contributed by atoms with E-state index < -0.39 is 11.2 Å². The minimum absolute atomic E-state index is 0.211. The summed E-state index contributed by atoms with van der Waals surface area (Å²) >= 11 is 0. The summed E-state index contributed by atoms with van der Waals surface area (Å²) in [6.07, 6.45) is 1.80. The number of hydrogen-bond donors (Lipinski definition) is 1. The number of hydrogen-bond acceptors (Lipinski definition) is 5. The van der Waals surface area contributed by atoms with Crippen LogP contribution in [0.4, 0.5) is 0 Å². The monoisotopic (exact) mass is 331 g/mol. The fourth-order valence-electron chi connectivity index (χ4n) is 2.66. The van der Waals surface area contributed by atoms with E-state index in [2.05, 4.69) is 20.3 Å². The van der Waals surface area contributed by atoms with Gasteiger partial charge in [0.15, 0.2) is 17.0 Å². The van der Waals surface area contributed by atoms with Crippen LogP contribution in [-0.4, -0.2) is 34.1 Å². The van der Waals surface area contributed by atoms with E-state index in [1.807, 2.05) is 34.6 Å². The molecule has 0 aliphatic heterocycles. The van der Waals surface area contributed by atoms with Crippen molar-refractivity contribution in [1.29, 1.82) is 0 Å². The largest absolute Gasteiger partial charge is 0.330 e. The maximum absolute atomic E-state index is 12.3. The quantitative estimate of drug-likeness (QED) is 0.769. The van der Waals surface area contributed by atoms with Crippen LogP contribution in [-0.2, 0) is 18.6 Å². The fourth-order valence-corrected chi connectivity index (χ4v) is 2.66. The number of aryl methyl sites for hydroxylation is 2. The van der Waals surface area contributed by atoms with Crippen molar-refractivity contribution in [3.63, 3.8) is 0 Å². The molecule has 3 aromatic rings. The number of H-pyrrole nitrogens is 1. The van der Waals surface area contributed by atoms with Gasteiger partial charge in [-0.1, -0.05) is 5.21 Å². The van der Waals surface area contributed by atoms with Crippen molar-refractivity contribution < 1.29 is 0 Å².